The fourth-order valence-electron chi connectivity index (χ4n) is 9.01. The van der Waals surface area contributed by atoms with Crippen molar-refractivity contribution in [2.75, 3.05) is 36.1 Å². The number of carboxylic acid groups (broad SMARTS) is 1. The van der Waals surface area contributed by atoms with E-state index < -0.39 is 31.6 Å². The summed E-state index contributed by atoms with van der Waals surface area (Å²) in [4.78, 5) is 13.1. The van der Waals surface area contributed by atoms with Gasteiger partial charge in [-0.2, -0.15) is 21.4 Å². The van der Waals surface area contributed by atoms with Gasteiger partial charge in [-0.25, -0.2) is 0 Å². The second-order valence-electron chi connectivity index (χ2n) is 17.2. The number of ether oxygens (including phenoxy) is 1. The number of aliphatic carboxylic acids is 1. The van der Waals surface area contributed by atoms with Gasteiger partial charge in [0, 0.05) is 53.9 Å². The highest BCUT2D eigenvalue weighted by molar-refractivity contribution is 7.86. The SMILES string of the molecule is CC1(C)C(/C=C/C=C/C=C/C=C2\N(CCCCS(=O)(=O)O)c3ccc4ccc(OCCCCCC(=O)O)cc4c3C2(C)C)=[N+](CCCCS(=O)(=O)O)c2ccc3ccccc3c21. The number of rotatable bonds is 21. The van der Waals surface area contributed by atoms with Crippen LogP contribution in [0, 0.1) is 0 Å². The van der Waals surface area contributed by atoms with Crippen LogP contribution in [-0.2, 0) is 35.9 Å². The van der Waals surface area contributed by atoms with Crippen molar-refractivity contribution >= 4 is 64.8 Å². The summed E-state index contributed by atoms with van der Waals surface area (Å²) < 4.78 is 73.0. The van der Waals surface area contributed by atoms with Crippen LogP contribution in [0.25, 0.3) is 21.5 Å². The van der Waals surface area contributed by atoms with E-state index >= 15 is 0 Å². The summed E-state index contributed by atoms with van der Waals surface area (Å²) in [7, 11) is -8.11. The third-order valence-electron chi connectivity index (χ3n) is 11.9. The molecule has 13 heteroatoms. The number of carboxylic acids is 1. The molecule has 4 aromatic carbocycles. The maximum absolute atomic E-state index is 11.5. The van der Waals surface area contributed by atoms with Crippen LogP contribution in [0.2, 0.25) is 0 Å². The van der Waals surface area contributed by atoms with Gasteiger partial charge in [-0.1, -0.05) is 80.6 Å². The molecule has 4 aromatic rings. The van der Waals surface area contributed by atoms with Gasteiger partial charge < -0.3 is 14.7 Å². The highest BCUT2D eigenvalue weighted by Crippen LogP contribution is 2.51. The molecule has 6 rings (SSSR count). The maximum atomic E-state index is 11.5. The second-order valence-corrected chi connectivity index (χ2v) is 20.3. The lowest BCUT2D eigenvalue weighted by Crippen LogP contribution is -2.28. The van der Waals surface area contributed by atoms with Crippen molar-refractivity contribution in [2.45, 2.75) is 89.9 Å². The summed E-state index contributed by atoms with van der Waals surface area (Å²) in [5.74, 6) is -0.617. The summed E-state index contributed by atoms with van der Waals surface area (Å²) >= 11 is 0. The lowest BCUT2D eigenvalue weighted by atomic mass is 9.79. The quantitative estimate of drug-likeness (QED) is 0.0318. The van der Waals surface area contributed by atoms with Gasteiger partial charge in [-0.15, -0.1) is 0 Å². The second kappa shape index (κ2) is 19.5. The number of benzene rings is 4. The average Bonchev–Trinajstić information content (AvgIpc) is 3.56. The maximum Gasteiger partial charge on any atom is 0.303 e. The molecule has 0 unspecified atom stereocenters. The zero-order chi connectivity index (χ0) is 44.7. The van der Waals surface area contributed by atoms with Crippen LogP contribution < -0.4 is 9.64 Å². The van der Waals surface area contributed by atoms with Crippen LogP contribution in [0.15, 0.2) is 115 Å². The average molecular weight is 884 g/mol. The molecule has 0 atom stereocenters. The zero-order valence-corrected chi connectivity index (χ0v) is 37.7. The summed E-state index contributed by atoms with van der Waals surface area (Å²) in [5.41, 5.74) is 5.87. The molecule has 3 N–H and O–H groups in total. The molecule has 0 saturated carbocycles. The topological polar surface area (TPSA) is 162 Å². The highest BCUT2D eigenvalue weighted by atomic mass is 32.2. The van der Waals surface area contributed by atoms with Crippen LogP contribution in [0.4, 0.5) is 11.4 Å². The molecule has 2 aliphatic heterocycles. The molecule has 0 radical (unpaired) electrons. The van der Waals surface area contributed by atoms with Crippen LogP contribution in [-0.4, -0.2) is 78.5 Å². The van der Waals surface area contributed by atoms with Gasteiger partial charge in [0.1, 0.15) is 12.3 Å². The third-order valence-corrected chi connectivity index (χ3v) is 13.5. The monoisotopic (exact) mass is 883 g/mol. The molecule has 62 heavy (non-hydrogen) atoms. The van der Waals surface area contributed by atoms with E-state index in [0.717, 1.165) is 63.1 Å². The molecule has 0 saturated heterocycles. The zero-order valence-electron chi connectivity index (χ0n) is 36.1. The van der Waals surface area contributed by atoms with Crippen molar-refractivity contribution < 1.29 is 45.2 Å². The number of hydrogen-bond acceptors (Lipinski definition) is 7. The Bertz CT molecular complexity index is 2690. The van der Waals surface area contributed by atoms with Crippen molar-refractivity contribution in [3.8, 4) is 5.75 Å². The Hall–Kier alpha value is -5.08. The molecule has 0 aliphatic carbocycles. The summed E-state index contributed by atoms with van der Waals surface area (Å²) in [6.07, 6.45) is 18.3. The number of nitrogens with zero attached hydrogens (tertiary/aromatic N) is 2. The molecule has 2 aliphatic rings. The van der Waals surface area contributed by atoms with Crippen LogP contribution in [0.3, 0.4) is 0 Å². The van der Waals surface area contributed by atoms with Crippen LogP contribution >= 0.6 is 0 Å². The number of allylic oxidation sites excluding steroid dienone is 8. The minimum atomic E-state index is -4.07. The molecule has 11 nitrogen and oxygen atoms in total. The van der Waals surface area contributed by atoms with E-state index in [1.807, 2.05) is 48.6 Å². The Morgan fingerprint density at radius 2 is 1.37 bits per heavy atom. The van der Waals surface area contributed by atoms with E-state index in [1.165, 1.54) is 10.9 Å². The summed E-state index contributed by atoms with van der Waals surface area (Å²) in [5, 5.41) is 13.4. The van der Waals surface area contributed by atoms with Gasteiger partial charge in [0.05, 0.1) is 23.5 Å². The van der Waals surface area contributed by atoms with Crippen molar-refractivity contribution in [1.29, 1.82) is 0 Å². The number of anilines is 1. The Morgan fingerprint density at radius 3 is 2.11 bits per heavy atom. The Kier molecular flexibility index (Phi) is 14.6. The van der Waals surface area contributed by atoms with E-state index in [1.54, 1.807) is 0 Å². The smallest absolute Gasteiger partial charge is 0.303 e. The predicted octanol–water partition coefficient (Wildman–Crippen LogP) is 10.1. The first-order chi connectivity index (χ1) is 29.4. The molecule has 0 spiro atoms. The van der Waals surface area contributed by atoms with Gasteiger partial charge in [0.25, 0.3) is 20.2 Å². The van der Waals surface area contributed by atoms with Crippen LogP contribution in [0.1, 0.15) is 90.2 Å². The first kappa shape index (κ1) is 46.4. The molecule has 0 fully saturated rings. The van der Waals surface area contributed by atoms with Crippen molar-refractivity contribution in [3.05, 3.63) is 126 Å². The van der Waals surface area contributed by atoms with Crippen molar-refractivity contribution in [2.24, 2.45) is 0 Å². The highest BCUT2D eigenvalue weighted by Gasteiger charge is 2.45. The van der Waals surface area contributed by atoms with E-state index in [2.05, 4.69) is 97.9 Å². The Morgan fingerprint density at radius 1 is 0.710 bits per heavy atom. The van der Waals surface area contributed by atoms with E-state index in [4.69, 9.17) is 9.84 Å². The number of hydrogen-bond donors (Lipinski definition) is 3. The summed E-state index contributed by atoms with van der Waals surface area (Å²) in [6.45, 7) is 10.5. The molecule has 0 bridgehead atoms. The lowest BCUT2D eigenvalue weighted by Gasteiger charge is -2.27. The number of fused-ring (bicyclic) bond motifs is 6. The predicted molar refractivity (Wildman–Crippen MR) is 249 cm³/mol. The van der Waals surface area contributed by atoms with E-state index in [0.29, 0.717) is 51.8 Å². The largest absolute Gasteiger partial charge is 0.494 e. The molecule has 0 amide bonds. The normalized spacial score (nSPS) is 16.8. The first-order valence-corrected chi connectivity index (χ1v) is 24.6. The van der Waals surface area contributed by atoms with Crippen LogP contribution in [0.5, 0.6) is 5.75 Å². The van der Waals surface area contributed by atoms with Crippen molar-refractivity contribution in [3.63, 3.8) is 0 Å². The minimum Gasteiger partial charge on any atom is -0.494 e. The Balaban J connectivity index is 1.24. The minimum absolute atomic E-state index is 0.153. The molecule has 0 aromatic heterocycles. The van der Waals surface area contributed by atoms with Gasteiger partial charge in [0.15, 0.2) is 5.71 Å². The van der Waals surface area contributed by atoms with Gasteiger partial charge in [-0.05, 0) is 110 Å². The standard InChI is InChI=1S/C49H58N2O9S2/c1-48(2)43(50(30-14-17-33-61(54,55)56)41-28-25-36-19-12-13-20-39(36)46(41)48)21-9-6-5-7-10-22-44-49(3,4)47-40-35-38(60-32-16-8-11-23-45(52)53)27-24-37(40)26-29-42(47)51(44)31-15-18-34-62(57,58)59/h5-7,9-10,12-13,19-22,24-29,35H,8,11,14-18,23,30-34H2,1-4H3,(H2-,52,53,54,55,56,57,58,59)/p+1. The third kappa shape index (κ3) is 11.1. The fourth-order valence-corrected chi connectivity index (χ4v) is 10.1. The number of unbranched alkanes of at least 4 members (excludes halogenated alkanes) is 4. The lowest BCUT2D eigenvalue weighted by molar-refractivity contribution is -0.438. The summed E-state index contributed by atoms with van der Waals surface area (Å²) in [6, 6.07) is 22.9. The molecule has 2 heterocycles. The van der Waals surface area contributed by atoms with E-state index in [9.17, 15) is 30.7 Å². The molecular weight excluding hydrogens is 825 g/mol. The molecular formula is C49H59N2O9S2+. The molecule has 330 valence electrons. The fraction of sp³-hybridized carbons (Fsp3) is 0.388. The van der Waals surface area contributed by atoms with Crippen molar-refractivity contribution in [1.82, 2.24) is 0 Å². The number of carbonyl (C=O) groups is 1. The first-order valence-electron chi connectivity index (χ1n) is 21.4. The Labute approximate surface area is 366 Å². The van der Waals surface area contributed by atoms with Gasteiger partial charge in [0.2, 0.25) is 5.69 Å². The van der Waals surface area contributed by atoms with Gasteiger partial charge in [-0.3, -0.25) is 13.9 Å². The van der Waals surface area contributed by atoms with Gasteiger partial charge >= 0.3 is 5.97 Å². The van der Waals surface area contributed by atoms with E-state index in [-0.39, 0.29) is 23.3 Å².